The number of aryl methyl sites for hydroxylation is 2. The van der Waals surface area contributed by atoms with E-state index < -0.39 is 0 Å². The number of rotatable bonds is 4. The monoisotopic (exact) mass is 900 g/mol. The van der Waals surface area contributed by atoms with Gasteiger partial charge in [0.2, 0.25) is 0 Å². The number of anilines is 2. The Balaban J connectivity index is 0.000000168. The van der Waals surface area contributed by atoms with Crippen molar-refractivity contribution < 1.29 is 28.5 Å². The average Bonchev–Trinajstić information content (AvgIpc) is 3.85. The van der Waals surface area contributed by atoms with E-state index in [4.69, 9.17) is 40.0 Å². The van der Waals surface area contributed by atoms with E-state index in [0.717, 1.165) is 29.9 Å². The molecule has 0 spiro atoms. The summed E-state index contributed by atoms with van der Waals surface area (Å²) < 4.78 is 13.3. The maximum Gasteiger partial charge on any atom is 0.496 e. The summed E-state index contributed by atoms with van der Waals surface area (Å²) in [5.41, 5.74) is 28.8. The maximum atomic E-state index is 8.12. The van der Waals surface area contributed by atoms with Gasteiger partial charge in [0.25, 0.3) is 0 Å². The van der Waals surface area contributed by atoms with Crippen molar-refractivity contribution in [1.82, 2.24) is 0 Å². The van der Waals surface area contributed by atoms with E-state index in [-0.39, 0.29) is 30.6 Å². The third kappa shape index (κ3) is 11.6. The zero-order chi connectivity index (χ0) is 45.0. The molecule has 5 aliphatic rings. The van der Waals surface area contributed by atoms with Crippen molar-refractivity contribution in [2.75, 3.05) is 11.5 Å². The normalized spacial score (nSPS) is 18.5. The summed E-state index contributed by atoms with van der Waals surface area (Å²) >= 11 is 3.83. The molecule has 0 amide bonds. The van der Waals surface area contributed by atoms with Gasteiger partial charge in [-0.25, -0.2) is 0 Å². The molecule has 0 aromatic heterocycles. The van der Waals surface area contributed by atoms with Crippen molar-refractivity contribution in [3.8, 4) is 0 Å². The number of nitrogen functional groups attached to an aromatic ring is 2. The number of carbonyl (C=O) groups excluding carboxylic acids is 4. The number of allylic oxidation sites excluding steroid dienone is 4. The molecule has 9 rings (SSSR count). The largest absolute Gasteiger partial charge is 0.496 e. The van der Waals surface area contributed by atoms with Gasteiger partial charge in [0, 0.05) is 33.3 Å². The Labute approximate surface area is 377 Å². The van der Waals surface area contributed by atoms with Crippen molar-refractivity contribution in [3.63, 3.8) is 0 Å². The van der Waals surface area contributed by atoms with Gasteiger partial charge >= 0.3 is 19.4 Å². The summed E-state index contributed by atoms with van der Waals surface area (Å²) in [7, 11) is -0.369. The van der Waals surface area contributed by atoms with Crippen LogP contribution in [0.5, 0.6) is 0 Å². The zero-order valence-corrected chi connectivity index (χ0v) is 38.9. The third-order valence-corrected chi connectivity index (χ3v) is 14.0. The second-order valence-electron chi connectivity index (χ2n) is 18.0. The fourth-order valence-corrected chi connectivity index (χ4v) is 10.4. The lowest BCUT2D eigenvalue weighted by atomic mass is 9.78. The number of hydrogen-bond donors (Lipinski definition) is 2. The fraction of sp³-hybridized carbons (Fsp3) is 0.423. The van der Waals surface area contributed by atoms with Gasteiger partial charge in [-0.2, -0.15) is 19.2 Å². The number of para-hydroxylation sites is 2. The molecule has 4 N–H and O–H groups in total. The molecule has 0 atom stereocenters. The summed E-state index contributed by atoms with van der Waals surface area (Å²) in [6.45, 7) is 12.5. The minimum Gasteiger partial charge on any atom is -0.399 e. The summed E-state index contributed by atoms with van der Waals surface area (Å²) in [6, 6.07) is 30.0. The first-order chi connectivity index (χ1) is 29.7. The third-order valence-electron chi connectivity index (χ3n) is 13.2. The van der Waals surface area contributed by atoms with E-state index in [0.29, 0.717) is 11.6 Å². The Morgan fingerprint density at radius 2 is 1.02 bits per heavy atom. The lowest BCUT2D eigenvalue weighted by Gasteiger charge is -2.32. The summed E-state index contributed by atoms with van der Waals surface area (Å²) in [6.07, 6.45) is 16.5. The second kappa shape index (κ2) is 22.0. The number of nitrogens with two attached hydrogens (primary N) is 2. The van der Waals surface area contributed by atoms with Crippen LogP contribution in [-0.2, 0) is 41.3 Å². The van der Waals surface area contributed by atoms with Crippen LogP contribution in [0.25, 0.3) is 16.7 Å². The molecular weight excluding hydrogens is 839 g/mol. The predicted molar refractivity (Wildman–Crippen MR) is 253 cm³/mol. The first-order valence-electron chi connectivity index (χ1n) is 22.0. The molecule has 326 valence electrons. The summed E-state index contributed by atoms with van der Waals surface area (Å²) in [5, 5.41) is 0. The van der Waals surface area contributed by atoms with Crippen molar-refractivity contribution in [3.05, 3.63) is 128 Å². The highest BCUT2D eigenvalue weighted by Gasteiger charge is 2.52. The number of halogens is 1. The molecule has 1 saturated heterocycles. The van der Waals surface area contributed by atoms with Crippen LogP contribution < -0.4 is 16.9 Å². The van der Waals surface area contributed by atoms with Gasteiger partial charge in [0.15, 0.2) is 0 Å². The van der Waals surface area contributed by atoms with Crippen LogP contribution in [0.2, 0.25) is 0 Å². The highest BCUT2D eigenvalue weighted by Crippen LogP contribution is 2.48. The molecule has 0 radical (unpaired) electrons. The van der Waals surface area contributed by atoms with Gasteiger partial charge in [-0.15, -0.1) is 0 Å². The molecular formula is C52H62BBrN2O6. The molecule has 1 aliphatic heterocycles. The quantitative estimate of drug-likeness (QED) is 0.152. The van der Waals surface area contributed by atoms with Gasteiger partial charge < -0.3 is 20.8 Å². The van der Waals surface area contributed by atoms with Crippen LogP contribution in [0.15, 0.2) is 89.4 Å². The molecule has 0 unspecified atom stereocenters. The molecule has 8 nitrogen and oxygen atoms in total. The van der Waals surface area contributed by atoms with Gasteiger partial charge in [-0.3, -0.25) is 0 Å². The van der Waals surface area contributed by atoms with Crippen molar-refractivity contribution in [2.24, 2.45) is 11.8 Å². The fourth-order valence-electron chi connectivity index (χ4n) is 9.52. The van der Waals surface area contributed by atoms with E-state index in [2.05, 4.69) is 78.3 Å². The molecule has 3 fully saturated rings. The smallest absolute Gasteiger partial charge is 0.399 e. The van der Waals surface area contributed by atoms with Crippen LogP contribution in [0.4, 0.5) is 11.4 Å². The van der Waals surface area contributed by atoms with E-state index in [1.807, 2.05) is 64.1 Å². The minimum absolute atomic E-state index is 0.250. The average molecular weight is 902 g/mol. The predicted octanol–water partition coefficient (Wildman–Crippen LogP) is 11.3. The van der Waals surface area contributed by atoms with E-state index >= 15 is 0 Å². The molecule has 0 bridgehead atoms. The Kier molecular flexibility index (Phi) is 17.1. The number of fused-ring (bicyclic) bond motifs is 2. The van der Waals surface area contributed by atoms with Gasteiger partial charge in [-0.05, 0) is 137 Å². The highest BCUT2D eigenvalue weighted by atomic mass is 79.9. The molecule has 4 aromatic rings. The second-order valence-corrected chi connectivity index (χ2v) is 19.0. The molecule has 4 aliphatic carbocycles. The molecule has 2 saturated carbocycles. The molecule has 10 heteroatoms. The SMILES string of the molecule is CC1(C)OB(c2ccccc2N)OC1(C)C.Cc1ccc2c(c1)CC(Br)=C2C1CCCCC1.Cc1ccc2c(c1)CC(c1ccccc1N)=C2C1CCCCC1.O=C=O.O=C=O. The summed E-state index contributed by atoms with van der Waals surface area (Å²) in [5.74, 6) is 1.52. The van der Waals surface area contributed by atoms with Crippen molar-refractivity contribution in [2.45, 2.75) is 130 Å². The van der Waals surface area contributed by atoms with E-state index in [1.165, 1.54) is 113 Å². The van der Waals surface area contributed by atoms with E-state index in [9.17, 15) is 0 Å². The van der Waals surface area contributed by atoms with Crippen molar-refractivity contribution >= 4 is 68.9 Å². The van der Waals surface area contributed by atoms with Crippen LogP contribution in [0.1, 0.15) is 131 Å². The van der Waals surface area contributed by atoms with Gasteiger partial charge in [-0.1, -0.05) is 138 Å². The lowest BCUT2D eigenvalue weighted by molar-refractivity contribution is -0.193. The molecule has 1 heterocycles. The van der Waals surface area contributed by atoms with Crippen LogP contribution in [0, 0.1) is 25.7 Å². The lowest BCUT2D eigenvalue weighted by Crippen LogP contribution is -2.41. The van der Waals surface area contributed by atoms with Crippen LogP contribution in [0.3, 0.4) is 0 Å². The first-order valence-corrected chi connectivity index (χ1v) is 22.8. The Bertz CT molecular complexity index is 2280. The first kappa shape index (κ1) is 48.2. The zero-order valence-electron chi connectivity index (χ0n) is 37.3. The summed E-state index contributed by atoms with van der Waals surface area (Å²) in [4.78, 5) is 32.5. The molecule has 4 aromatic carbocycles. The Morgan fingerprint density at radius 3 is 1.52 bits per heavy atom. The highest BCUT2D eigenvalue weighted by molar-refractivity contribution is 9.11. The number of benzene rings is 4. The molecule has 62 heavy (non-hydrogen) atoms. The maximum absolute atomic E-state index is 8.12. The number of hydrogen-bond acceptors (Lipinski definition) is 8. The Hall–Kier alpha value is -4.82. The van der Waals surface area contributed by atoms with Crippen molar-refractivity contribution in [1.29, 1.82) is 0 Å². The van der Waals surface area contributed by atoms with Gasteiger partial charge in [0.05, 0.1) is 11.2 Å². The van der Waals surface area contributed by atoms with E-state index in [1.54, 1.807) is 11.1 Å². The van der Waals surface area contributed by atoms with Crippen LogP contribution >= 0.6 is 15.9 Å². The van der Waals surface area contributed by atoms with Gasteiger partial charge in [0.1, 0.15) is 0 Å². The topological polar surface area (TPSA) is 139 Å². The Morgan fingerprint density at radius 1 is 0.581 bits per heavy atom. The standard InChI is InChI=1S/C22H25N.C16H19Br.C12H18BNO2.2CO2/c1-15-11-12-18-17(13-15)14-20(19-9-5-6-10-21(19)23)22(18)16-7-3-2-4-8-16;1-11-7-8-14-13(9-11)10-15(17)16(14)12-5-3-2-4-6-12;1-11(2)12(3,4)16-13(15-11)9-7-5-6-8-10(9)14;2*2-1-3/h5-6,9-13,16H,2-4,7-8,14,23H2,1H3;7-9,12H,2-6,10H2,1H3;5-8H,14H2,1-4H3;;. The minimum atomic E-state index is -0.369. The van der Waals surface area contributed by atoms with Crippen LogP contribution in [-0.4, -0.2) is 30.6 Å².